The van der Waals surface area contributed by atoms with E-state index in [0.717, 1.165) is 25.0 Å². The number of hydrogen-bond donors (Lipinski definition) is 0. The average molecular weight is 336 g/mol. The van der Waals surface area contributed by atoms with E-state index in [1.54, 1.807) is 31.4 Å². The molecule has 0 spiro atoms. The van der Waals surface area contributed by atoms with Crippen molar-refractivity contribution in [1.29, 1.82) is 0 Å². The smallest absolute Gasteiger partial charge is 0.243 e. The summed E-state index contributed by atoms with van der Waals surface area (Å²) in [4.78, 5) is 0.264. The summed E-state index contributed by atoms with van der Waals surface area (Å²) in [6.45, 7) is 2.48. The Morgan fingerprint density at radius 1 is 1.35 bits per heavy atom. The molecule has 1 fully saturated rings. The number of aryl methyl sites for hydroxylation is 1. The number of methoxy groups -OCH3 is 1. The fourth-order valence-corrected chi connectivity index (χ4v) is 4.51. The highest BCUT2D eigenvalue weighted by atomic mass is 32.2. The summed E-state index contributed by atoms with van der Waals surface area (Å²) in [5, 5.41) is 3.98. The predicted molar refractivity (Wildman–Crippen MR) is 84.7 cm³/mol. The standard InChI is InChI=1S/C16H20N2O4S/c1-3-12-11-16(22-17-12)15-5-4-10-18(15)23(19,20)14-8-6-13(21-2)7-9-14/h6-9,11,15H,3-5,10H2,1-2H3. The molecule has 2 aromatic rings. The number of sulfonamides is 1. The first-order valence-corrected chi connectivity index (χ1v) is 9.11. The van der Waals surface area contributed by atoms with Gasteiger partial charge in [-0.15, -0.1) is 0 Å². The number of ether oxygens (including phenoxy) is 1. The van der Waals surface area contributed by atoms with Crippen LogP contribution in [0, 0.1) is 0 Å². The van der Waals surface area contributed by atoms with Crippen LogP contribution in [-0.2, 0) is 16.4 Å². The van der Waals surface area contributed by atoms with Crippen molar-refractivity contribution >= 4 is 10.0 Å². The first kappa shape index (κ1) is 16.0. The molecule has 2 heterocycles. The SMILES string of the molecule is CCc1cc(C2CCCN2S(=O)(=O)c2ccc(OC)cc2)on1. The molecule has 23 heavy (non-hydrogen) atoms. The summed E-state index contributed by atoms with van der Waals surface area (Å²) in [6.07, 6.45) is 2.32. The quantitative estimate of drug-likeness (QED) is 0.839. The first-order chi connectivity index (χ1) is 11.1. The van der Waals surface area contributed by atoms with Crippen molar-refractivity contribution in [2.24, 2.45) is 0 Å². The largest absolute Gasteiger partial charge is 0.497 e. The molecular weight excluding hydrogens is 316 g/mol. The van der Waals surface area contributed by atoms with Crippen molar-refractivity contribution in [3.8, 4) is 5.75 Å². The second kappa shape index (κ2) is 6.33. The number of benzene rings is 1. The predicted octanol–water partition coefficient (Wildman–Crippen LogP) is 2.77. The molecule has 1 aromatic carbocycles. The van der Waals surface area contributed by atoms with E-state index in [1.807, 2.05) is 13.0 Å². The Balaban J connectivity index is 1.91. The first-order valence-electron chi connectivity index (χ1n) is 7.67. The van der Waals surface area contributed by atoms with Crippen molar-refractivity contribution in [3.05, 3.63) is 41.8 Å². The zero-order valence-corrected chi connectivity index (χ0v) is 14.0. The van der Waals surface area contributed by atoms with Crippen LogP contribution in [0.2, 0.25) is 0 Å². The highest BCUT2D eigenvalue weighted by molar-refractivity contribution is 7.89. The molecule has 7 heteroatoms. The van der Waals surface area contributed by atoms with Gasteiger partial charge in [-0.1, -0.05) is 12.1 Å². The van der Waals surface area contributed by atoms with E-state index in [9.17, 15) is 8.42 Å². The molecule has 124 valence electrons. The van der Waals surface area contributed by atoms with Gasteiger partial charge in [-0.25, -0.2) is 8.42 Å². The van der Waals surface area contributed by atoms with Crippen molar-refractivity contribution < 1.29 is 17.7 Å². The van der Waals surface area contributed by atoms with Crippen LogP contribution in [0.25, 0.3) is 0 Å². The van der Waals surface area contributed by atoms with Gasteiger partial charge in [0.2, 0.25) is 10.0 Å². The Hall–Kier alpha value is -1.86. The molecule has 1 saturated heterocycles. The lowest BCUT2D eigenvalue weighted by atomic mass is 10.1. The van der Waals surface area contributed by atoms with E-state index >= 15 is 0 Å². The molecule has 1 atom stereocenters. The molecule has 1 aromatic heterocycles. The fraction of sp³-hybridized carbons (Fsp3) is 0.438. The maximum Gasteiger partial charge on any atom is 0.243 e. The van der Waals surface area contributed by atoms with Gasteiger partial charge in [-0.05, 0) is 43.5 Å². The lowest BCUT2D eigenvalue weighted by Gasteiger charge is -2.22. The Kier molecular flexibility index (Phi) is 4.41. The van der Waals surface area contributed by atoms with Gasteiger partial charge in [0, 0.05) is 12.6 Å². The average Bonchev–Trinajstić information content (AvgIpc) is 3.23. The Morgan fingerprint density at radius 3 is 2.70 bits per heavy atom. The molecule has 1 aliphatic heterocycles. The maximum atomic E-state index is 12.9. The Morgan fingerprint density at radius 2 is 2.09 bits per heavy atom. The monoisotopic (exact) mass is 336 g/mol. The van der Waals surface area contributed by atoms with E-state index in [-0.39, 0.29) is 10.9 Å². The lowest BCUT2D eigenvalue weighted by molar-refractivity contribution is 0.296. The summed E-state index contributed by atoms with van der Waals surface area (Å²) in [6, 6.07) is 8.02. The minimum absolute atomic E-state index is 0.264. The molecule has 0 bridgehead atoms. The molecule has 3 rings (SSSR count). The Labute approximate surface area is 136 Å². The summed E-state index contributed by atoms with van der Waals surface area (Å²) in [7, 11) is -2.02. The molecule has 6 nitrogen and oxygen atoms in total. The molecule has 0 amide bonds. The summed E-state index contributed by atoms with van der Waals surface area (Å²) in [5.74, 6) is 1.25. The van der Waals surface area contributed by atoms with Crippen LogP contribution >= 0.6 is 0 Å². The van der Waals surface area contributed by atoms with Crippen LogP contribution in [0.15, 0.2) is 39.8 Å². The zero-order valence-electron chi connectivity index (χ0n) is 13.2. The van der Waals surface area contributed by atoms with Crippen LogP contribution in [0.5, 0.6) is 5.75 Å². The van der Waals surface area contributed by atoms with Gasteiger partial charge in [-0.2, -0.15) is 4.31 Å². The molecule has 0 radical (unpaired) electrons. The lowest BCUT2D eigenvalue weighted by Crippen LogP contribution is -2.30. The van der Waals surface area contributed by atoms with E-state index in [4.69, 9.17) is 9.26 Å². The van der Waals surface area contributed by atoms with Gasteiger partial charge in [0.05, 0.1) is 23.7 Å². The van der Waals surface area contributed by atoms with E-state index in [1.165, 1.54) is 4.31 Å². The highest BCUT2D eigenvalue weighted by Crippen LogP contribution is 2.37. The highest BCUT2D eigenvalue weighted by Gasteiger charge is 2.38. The number of rotatable bonds is 5. The fourth-order valence-electron chi connectivity index (χ4n) is 2.85. The number of hydrogen-bond acceptors (Lipinski definition) is 5. The van der Waals surface area contributed by atoms with Crippen LogP contribution in [0.1, 0.15) is 37.3 Å². The van der Waals surface area contributed by atoms with Gasteiger partial charge >= 0.3 is 0 Å². The van der Waals surface area contributed by atoms with Crippen LogP contribution in [-0.4, -0.2) is 31.5 Å². The van der Waals surface area contributed by atoms with Crippen molar-refractivity contribution in [1.82, 2.24) is 9.46 Å². The van der Waals surface area contributed by atoms with Crippen LogP contribution in [0.4, 0.5) is 0 Å². The molecule has 1 aliphatic rings. The zero-order chi connectivity index (χ0) is 16.4. The number of nitrogens with zero attached hydrogens (tertiary/aromatic N) is 2. The van der Waals surface area contributed by atoms with E-state index < -0.39 is 10.0 Å². The Bertz CT molecular complexity index is 768. The van der Waals surface area contributed by atoms with Gasteiger partial charge in [0.15, 0.2) is 5.76 Å². The third kappa shape index (κ3) is 2.98. The van der Waals surface area contributed by atoms with Crippen molar-refractivity contribution in [2.45, 2.75) is 37.1 Å². The van der Waals surface area contributed by atoms with Crippen LogP contribution < -0.4 is 4.74 Å². The van der Waals surface area contributed by atoms with Gasteiger partial charge in [-0.3, -0.25) is 0 Å². The third-order valence-corrected chi connectivity index (χ3v) is 6.06. The summed E-state index contributed by atoms with van der Waals surface area (Å²) in [5.41, 5.74) is 0.841. The van der Waals surface area contributed by atoms with Crippen molar-refractivity contribution in [3.63, 3.8) is 0 Å². The van der Waals surface area contributed by atoms with Gasteiger partial charge in [0.1, 0.15) is 5.75 Å². The normalized spacial score (nSPS) is 19.1. The summed E-state index contributed by atoms with van der Waals surface area (Å²) >= 11 is 0. The maximum absolute atomic E-state index is 12.9. The molecule has 0 saturated carbocycles. The number of aromatic nitrogens is 1. The minimum atomic E-state index is -3.57. The third-order valence-electron chi connectivity index (χ3n) is 4.14. The van der Waals surface area contributed by atoms with E-state index in [0.29, 0.717) is 18.1 Å². The van der Waals surface area contributed by atoms with E-state index in [2.05, 4.69) is 5.16 Å². The summed E-state index contributed by atoms with van der Waals surface area (Å²) < 4.78 is 37.8. The van der Waals surface area contributed by atoms with Crippen molar-refractivity contribution in [2.75, 3.05) is 13.7 Å². The minimum Gasteiger partial charge on any atom is -0.497 e. The second-order valence-corrected chi connectivity index (χ2v) is 7.41. The molecule has 0 aliphatic carbocycles. The van der Waals surface area contributed by atoms with Crippen LogP contribution in [0.3, 0.4) is 0 Å². The molecular formula is C16H20N2O4S. The molecule has 1 unspecified atom stereocenters. The molecule has 0 N–H and O–H groups in total. The van der Waals surface area contributed by atoms with Gasteiger partial charge < -0.3 is 9.26 Å². The topological polar surface area (TPSA) is 72.6 Å². The van der Waals surface area contributed by atoms with Gasteiger partial charge in [0.25, 0.3) is 0 Å². The second-order valence-electron chi connectivity index (χ2n) is 5.52.